The fourth-order valence-electron chi connectivity index (χ4n) is 2.45. The summed E-state index contributed by atoms with van der Waals surface area (Å²) < 4.78 is 23.9. The maximum atomic E-state index is 13.8. The number of carbonyl (C=O) groups is 3. The van der Waals surface area contributed by atoms with E-state index in [1.54, 1.807) is 13.8 Å². The zero-order valence-corrected chi connectivity index (χ0v) is 15.0. The molecule has 9 heteroatoms. The van der Waals surface area contributed by atoms with Crippen molar-refractivity contribution in [2.45, 2.75) is 26.3 Å². The van der Waals surface area contributed by atoms with Crippen LogP contribution in [-0.2, 0) is 14.3 Å². The number of urea groups is 1. The Labute approximate surface area is 154 Å². The molecule has 0 aliphatic carbocycles. The zero-order chi connectivity index (χ0) is 19.3. The van der Waals surface area contributed by atoms with Gasteiger partial charge in [-0.25, -0.2) is 18.8 Å². The number of esters is 2. The number of rotatable bonds is 6. The molecule has 0 fully saturated rings. The zero-order valence-electron chi connectivity index (χ0n) is 14.2. The van der Waals surface area contributed by atoms with Crippen LogP contribution in [0.4, 0.5) is 9.18 Å². The summed E-state index contributed by atoms with van der Waals surface area (Å²) >= 11 is 5.65. The average molecular weight is 385 g/mol. The fraction of sp³-hybridized carbons (Fsp3) is 0.353. The Morgan fingerprint density at radius 2 is 1.96 bits per heavy atom. The number of amides is 2. The number of carbonyl (C=O) groups excluding carboxylic acids is 3. The Balaban J connectivity index is 2.23. The average Bonchev–Trinajstić information content (AvgIpc) is 2.59. The minimum Gasteiger partial charge on any atom is -0.463 e. The van der Waals surface area contributed by atoms with Gasteiger partial charge >= 0.3 is 18.0 Å². The molecule has 2 rings (SSSR count). The van der Waals surface area contributed by atoms with Crippen molar-refractivity contribution in [2.75, 3.05) is 13.2 Å². The summed E-state index contributed by atoms with van der Waals surface area (Å²) in [7, 11) is 0. The highest BCUT2D eigenvalue weighted by atomic mass is 35.5. The molecule has 7 nitrogen and oxygen atoms in total. The number of nitrogens with one attached hydrogen (secondary N) is 2. The first-order chi connectivity index (χ1) is 12.4. The molecule has 140 valence electrons. The summed E-state index contributed by atoms with van der Waals surface area (Å²) in [5.41, 5.74) is -0.0416. The molecular weight excluding hydrogens is 367 g/mol. The molecule has 0 spiro atoms. The Kier molecular flexibility index (Phi) is 6.57. The first-order valence-electron chi connectivity index (χ1n) is 7.97. The number of ether oxygens (including phenoxy) is 2. The summed E-state index contributed by atoms with van der Waals surface area (Å²) in [6.45, 7) is 3.16. The molecule has 1 aliphatic heterocycles. The van der Waals surface area contributed by atoms with Gasteiger partial charge in [-0.2, -0.15) is 0 Å². The van der Waals surface area contributed by atoms with Gasteiger partial charge in [-0.15, -0.1) is 0 Å². The number of hydrogen-bond donors (Lipinski definition) is 2. The van der Waals surface area contributed by atoms with Crippen LogP contribution in [0.1, 0.15) is 30.6 Å². The molecule has 0 aromatic heterocycles. The number of halogens is 2. The highest BCUT2D eigenvalue weighted by Gasteiger charge is 2.32. The van der Waals surface area contributed by atoms with Gasteiger partial charge in [0.2, 0.25) is 0 Å². The largest absolute Gasteiger partial charge is 0.463 e. The van der Waals surface area contributed by atoms with E-state index in [4.69, 9.17) is 21.1 Å². The van der Waals surface area contributed by atoms with E-state index in [1.807, 2.05) is 0 Å². The van der Waals surface area contributed by atoms with Crippen LogP contribution < -0.4 is 10.6 Å². The Morgan fingerprint density at radius 3 is 2.58 bits per heavy atom. The second-order valence-electron chi connectivity index (χ2n) is 5.37. The SMILES string of the molecule is CCOC(=O)C1=C(COC(=O)c2ccc(Cl)cc2F)NC(=O)N[C@@H]1CC. The van der Waals surface area contributed by atoms with E-state index >= 15 is 0 Å². The predicted octanol–water partition coefficient (Wildman–Crippen LogP) is 2.54. The van der Waals surface area contributed by atoms with Crippen molar-refractivity contribution < 1.29 is 28.2 Å². The summed E-state index contributed by atoms with van der Waals surface area (Å²) in [6.07, 6.45) is 0.435. The smallest absolute Gasteiger partial charge is 0.341 e. The topological polar surface area (TPSA) is 93.7 Å². The molecule has 1 heterocycles. The maximum absolute atomic E-state index is 13.8. The molecule has 1 aromatic rings. The highest BCUT2D eigenvalue weighted by molar-refractivity contribution is 6.30. The molecule has 2 amide bonds. The van der Waals surface area contributed by atoms with E-state index in [2.05, 4.69) is 10.6 Å². The van der Waals surface area contributed by atoms with E-state index in [1.165, 1.54) is 12.1 Å². The lowest BCUT2D eigenvalue weighted by Crippen LogP contribution is -2.51. The molecule has 0 bridgehead atoms. The third kappa shape index (κ3) is 4.51. The maximum Gasteiger partial charge on any atom is 0.341 e. The molecule has 1 aromatic carbocycles. The summed E-state index contributed by atoms with van der Waals surface area (Å²) in [5, 5.41) is 5.17. The van der Waals surface area contributed by atoms with Crippen molar-refractivity contribution in [3.8, 4) is 0 Å². The van der Waals surface area contributed by atoms with Crippen molar-refractivity contribution in [1.82, 2.24) is 10.6 Å². The van der Waals surface area contributed by atoms with Crippen molar-refractivity contribution in [1.29, 1.82) is 0 Å². The van der Waals surface area contributed by atoms with Gasteiger partial charge in [0.05, 0.1) is 29.5 Å². The molecule has 0 saturated carbocycles. The molecule has 0 unspecified atom stereocenters. The van der Waals surface area contributed by atoms with Crippen LogP contribution in [0.25, 0.3) is 0 Å². The van der Waals surface area contributed by atoms with Crippen LogP contribution in [0.2, 0.25) is 5.02 Å². The van der Waals surface area contributed by atoms with Crippen LogP contribution in [0, 0.1) is 5.82 Å². The number of benzene rings is 1. The van der Waals surface area contributed by atoms with E-state index in [9.17, 15) is 18.8 Å². The fourth-order valence-corrected chi connectivity index (χ4v) is 2.60. The highest BCUT2D eigenvalue weighted by Crippen LogP contribution is 2.19. The monoisotopic (exact) mass is 384 g/mol. The Hall–Kier alpha value is -2.61. The molecule has 2 N–H and O–H groups in total. The summed E-state index contributed by atoms with van der Waals surface area (Å²) in [6, 6.07) is 2.42. The second kappa shape index (κ2) is 8.66. The second-order valence-corrected chi connectivity index (χ2v) is 5.81. The van der Waals surface area contributed by atoms with Gasteiger partial charge in [-0.3, -0.25) is 0 Å². The van der Waals surface area contributed by atoms with Gasteiger partial charge < -0.3 is 20.1 Å². The third-order valence-electron chi connectivity index (χ3n) is 3.65. The van der Waals surface area contributed by atoms with Crippen molar-refractivity contribution in [3.05, 3.63) is 45.9 Å². The van der Waals surface area contributed by atoms with Crippen LogP contribution in [-0.4, -0.2) is 37.2 Å². The van der Waals surface area contributed by atoms with Gasteiger partial charge in [0.1, 0.15) is 12.4 Å². The first-order valence-corrected chi connectivity index (χ1v) is 8.35. The van der Waals surface area contributed by atoms with E-state index in [-0.39, 0.29) is 28.5 Å². The van der Waals surface area contributed by atoms with Gasteiger partial charge in [0.15, 0.2) is 0 Å². The lowest BCUT2D eigenvalue weighted by atomic mass is 10.0. The third-order valence-corrected chi connectivity index (χ3v) is 3.88. The molecule has 1 aliphatic rings. The molecule has 26 heavy (non-hydrogen) atoms. The minimum atomic E-state index is -0.948. The standard InChI is InChI=1S/C17H18ClFN2O5/c1-3-12-14(16(23)25-4-2)13(21-17(24)20-12)8-26-15(22)10-6-5-9(18)7-11(10)19/h5-7,12H,3-4,8H2,1-2H3,(H2,20,21,24)/t12-/m1/s1. The van der Waals surface area contributed by atoms with Crippen molar-refractivity contribution in [2.24, 2.45) is 0 Å². The van der Waals surface area contributed by atoms with Gasteiger partial charge in [0.25, 0.3) is 0 Å². The van der Waals surface area contributed by atoms with Crippen molar-refractivity contribution in [3.63, 3.8) is 0 Å². The summed E-state index contributed by atoms with van der Waals surface area (Å²) in [5.74, 6) is -2.41. The normalized spacial score (nSPS) is 16.6. The van der Waals surface area contributed by atoms with Gasteiger partial charge in [0, 0.05) is 5.02 Å². The quantitative estimate of drug-likeness (QED) is 0.735. The van der Waals surface area contributed by atoms with Crippen LogP contribution in [0.3, 0.4) is 0 Å². The lowest BCUT2D eigenvalue weighted by Gasteiger charge is -2.28. The first kappa shape index (κ1) is 19.7. The molecule has 0 radical (unpaired) electrons. The molecular formula is C17H18ClFN2O5. The number of hydrogen-bond acceptors (Lipinski definition) is 5. The van der Waals surface area contributed by atoms with E-state index in [0.29, 0.717) is 6.42 Å². The minimum absolute atomic E-state index is 0.0989. The van der Waals surface area contributed by atoms with E-state index < -0.39 is 36.4 Å². The molecule has 0 saturated heterocycles. The predicted molar refractivity (Wildman–Crippen MR) is 91.1 cm³/mol. The molecule has 1 atom stereocenters. The van der Waals surface area contributed by atoms with Gasteiger partial charge in [-0.1, -0.05) is 18.5 Å². The van der Waals surface area contributed by atoms with Crippen LogP contribution >= 0.6 is 11.6 Å². The van der Waals surface area contributed by atoms with E-state index in [0.717, 1.165) is 6.07 Å². The van der Waals surface area contributed by atoms with Gasteiger partial charge in [-0.05, 0) is 31.5 Å². The Morgan fingerprint density at radius 1 is 1.23 bits per heavy atom. The van der Waals surface area contributed by atoms with Crippen LogP contribution in [0.5, 0.6) is 0 Å². The Bertz CT molecular complexity index is 766. The van der Waals surface area contributed by atoms with Crippen molar-refractivity contribution >= 4 is 29.6 Å². The lowest BCUT2D eigenvalue weighted by molar-refractivity contribution is -0.139. The summed E-state index contributed by atoms with van der Waals surface area (Å²) in [4.78, 5) is 36.0. The van der Waals surface area contributed by atoms with Crippen LogP contribution in [0.15, 0.2) is 29.5 Å².